The Balaban J connectivity index is 2.06. The van der Waals surface area contributed by atoms with Gasteiger partial charge < -0.3 is 15.8 Å². The molecule has 1 aromatic carbocycles. The number of hydrogen-bond donors (Lipinski definition) is 2. The maximum absolute atomic E-state index is 10.8. The quantitative estimate of drug-likeness (QED) is 0.374. The van der Waals surface area contributed by atoms with Crippen LogP contribution in [0.5, 0.6) is 5.75 Å². The van der Waals surface area contributed by atoms with Gasteiger partial charge in [0.2, 0.25) is 0 Å². The van der Waals surface area contributed by atoms with Crippen molar-refractivity contribution in [3.63, 3.8) is 0 Å². The van der Waals surface area contributed by atoms with Gasteiger partial charge in [0.05, 0.1) is 18.6 Å². The SMILES string of the molecule is COc1ccc([N+](=O)[O-])cc1CN=C(N)NC1CCCC1. The first-order chi connectivity index (χ1) is 10.1. The topological polar surface area (TPSA) is 103 Å². The molecule has 1 aliphatic carbocycles. The number of rotatable bonds is 5. The fraction of sp³-hybridized carbons (Fsp3) is 0.500. The van der Waals surface area contributed by atoms with Crippen molar-refractivity contribution in [3.05, 3.63) is 33.9 Å². The molecule has 0 spiro atoms. The minimum atomic E-state index is -0.438. The number of non-ortho nitro benzene ring substituents is 1. The fourth-order valence-corrected chi connectivity index (χ4v) is 2.50. The largest absolute Gasteiger partial charge is 0.496 e. The molecule has 3 N–H and O–H groups in total. The number of aliphatic imine (C=N–C) groups is 1. The molecular formula is C14H20N4O3. The van der Waals surface area contributed by atoms with E-state index in [0.717, 1.165) is 12.8 Å². The average Bonchev–Trinajstić information content (AvgIpc) is 2.97. The molecule has 1 fully saturated rings. The summed E-state index contributed by atoms with van der Waals surface area (Å²) in [6.45, 7) is 0.246. The molecule has 0 aromatic heterocycles. The molecule has 1 aromatic rings. The van der Waals surface area contributed by atoms with Crippen LogP contribution in [0.2, 0.25) is 0 Å². The molecule has 7 nitrogen and oxygen atoms in total. The minimum Gasteiger partial charge on any atom is -0.496 e. The standard InChI is InChI=1S/C14H20N4O3/c1-21-13-7-6-12(18(19)20)8-10(13)9-16-14(15)17-11-4-2-3-5-11/h6-8,11H,2-5,9H2,1H3,(H3,15,16,17). The monoisotopic (exact) mass is 292 g/mol. The second-order valence-corrected chi connectivity index (χ2v) is 5.08. The predicted octanol–water partition coefficient (Wildman–Crippen LogP) is 1.95. The van der Waals surface area contributed by atoms with Gasteiger partial charge in [-0.15, -0.1) is 0 Å². The normalized spacial score (nSPS) is 16.0. The molecule has 114 valence electrons. The average molecular weight is 292 g/mol. The Kier molecular flexibility index (Phi) is 4.97. The summed E-state index contributed by atoms with van der Waals surface area (Å²) in [6, 6.07) is 4.83. The van der Waals surface area contributed by atoms with Gasteiger partial charge in [-0.25, -0.2) is 4.99 Å². The maximum Gasteiger partial charge on any atom is 0.270 e. The number of nitrogens with two attached hydrogens (primary N) is 1. The summed E-state index contributed by atoms with van der Waals surface area (Å²) < 4.78 is 5.19. The van der Waals surface area contributed by atoms with E-state index in [-0.39, 0.29) is 12.2 Å². The molecule has 1 saturated carbocycles. The summed E-state index contributed by atoms with van der Waals surface area (Å²) in [4.78, 5) is 14.6. The van der Waals surface area contributed by atoms with Crippen molar-refractivity contribution in [2.75, 3.05) is 7.11 Å². The second-order valence-electron chi connectivity index (χ2n) is 5.08. The molecule has 1 aliphatic rings. The van der Waals surface area contributed by atoms with Crippen LogP contribution in [0, 0.1) is 10.1 Å². The van der Waals surface area contributed by atoms with Gasteiger partial charge in [-0.05, 0) is 18.9 Å². The molecule has 2 rings (SSSR count). The zero-order chi connectivity index (χ0) is 15.2. The number of guanidine groups is 1. The highest BCUT2D eigenvalue weighted by molar-refractivity contribution is 5.78. The van der Waals surface area contributed by atoms with E-state index in [1.54, 1.807) is 6.07 Å². The van der Waals surface area contributed by atoms with Crippen LogP contribution in [-0.4, -0.2) is 24.0 Å². The van der Waals surface area contributed by atoms with Crippen molar-refractivity contribution in [2.45, 2.75) is 38.3 Å². The summed E-state index contributed by atoms with van der Waals surface area (Å²) in [6.07, 6.45) is 4.64. The fourth-order valence-electron chi connectivity index (χ4n) is 2.50. The first-order valence-corrected chi connectivity index (χ1v) is 6.98. The lowest BCUT2D eigenvalue weighted by molar-refractivity contribution is -0.384. The lowest BCUT2D eigenvalue weighted by atomic mass is 10.2. The van der Waals surface area contributed by atoms with Crippen molar-refractivity contribution in [1.82, 2.24) is 5.32 Å². The molecule has 0 radical (unpaired) electrons. The third-order valence-corrected chi connectivity index (χ3v) is 3.60. The lowest BCUT2D eigenvalue weighted by Crippen LogP contribution is -2.38. The zero-order valence-electron chi connectivity index (χ0n) is 12.0. The molecule has 7 heteroatoms. The molecule has 0 bridgehead atoms. The van der Waals surface area contributed by atoms with Crippen LogP contribution in [-0.2, 0) is 6.54 Å². The third kappa shape index (κ3) is 4.08. The van der Waals surface area contributed by atoms with Crippen molar-refractivity contribution in [1.29, 1.82) is 0 Å². The number of nitro groups is 1. The Morgan fingerprint density at radius 3 is 2.86 bits per heavy atom. The van der Waals surface area contributed by atoms with E-state index in [9.17, 15) is 10.1 Å². The highest BCUT2D eigenvalue weighted by atomic mass is 16.6. The van der Waals surface area contributed by atoms with E-state index in [0.29, 0.717) is 23.3 Å². The van der Waals surface area contributed by atoms with E-state index in [4.69, 9.17) is 10.5 Å². The smallest absolute Gasteiger partial charge is 0.270 e. The maximum atomic E-state index is 10.8. The first-order valence-electron chi connectivity index (χ1n) is 6.98. The number of nitro benzene ring substituents is 1. The van der Waals surface area contributed by atoms with Crippen molar-refractivity contribution in [3.8, 4) is 5.75 Å². The number of nitrogens with zero attached hydrogens (tertiary/aromatic N) is 2. The van der Waals surface area contributed by atoms with E-state index >= 15 is 0 Å². The van der Waals surface area contributed by atoms with Gasteiger partial charge in [0, 0.05) is 23.7 Å². The van der Waals surface area contributed by atoms with Gasteiger partial charge >= 0.3 is 0 Å². The Morgan fingerprint density at radius 1 is 1.52 bits per heavy atom. The summed E-state index contributed by atoms with van der Waals surface area (Å²) in [5, 5.41) is 14.0. The van der Waals surface area contributed by atoms with Crippen molar-refractivity contribution in [2.24, 2.45) is 10.7 Å². The van der Waals surface area contributed by atoms with Gasteiger partial charge in [-0.1, -0.05) is 12.8 Å². The number of methoxy groups -OCH3 is 1. The van der Waals surface area contributed by atoms with E-state index in [1.165, 1.54) is 32.1 Å². The van der Waals surface area contributed by atoms with E-state index < -0.39 is 4.92 Å². The van der Waals surface area contributed by atoms with Crippen molar-refractivity contribution >= 4 is 11.6 Å². The van der Waals surface area contributed by atoms with Crippen LogP contribution >= 0.6 is 0 Å². The molecule has 0 heterocycles. The summed E-state index contributed by atoms with van der Waals surface area (Å²) >= 11 is 0. The highest BCUT2D eigenvalue weighted by Gasteiger charge is 2.15. The molecule has 0 amide bonds. The van der Waals surface area contributed by atoms with Gasteiger partial charge in [-0.3, -0.25) is 10.1 Å². The number of nitrogens with one attached hydrogen (secondary N) is 1. The van der Waals surface area contributed by atoms with Crippen LogP contribution in [0.3, 0.4) is 0 Å². The number of benzene rings is 1. The van der Waals surface area contributed by atoms with Crippen LogP contribution in [0.15, 0.2) is 23.2 Å². The Bertz CT molecular complexity index is 539. The van der Waals surface area contributed by atoms with Crippen LogP contribution in [0.4, 0.5) is 5.69 Å². The van der Waals surface area contributed by atoms with Gasteiger partial charge in [0.1, 0.15) is 5.75 Å². The molecule has 0 unspecified atom stereocenters. The molecule has 0 aliphatic heterocycles. The van der Waals surface area contributed by atoms with E-state index in [2.05, 4.69) is 10.3 Å². The molecular weight excluding hydrogens is 272 g/mol. The first kappa shape index (κ1) is 15.1. The predicted molar refractivity (Wildman–Crippen MR) is 80.4 cm³/mol. The number of hydrogen-bond acceptors (Lipinski definition) is 4. The van der Waals surface area contributed by atoms with Crippen LogP contribution < -0.4 is 15.8 Å². The molecule has 0 saturated heterocycles. The summed E-state index contributed by atoms with van der Waals surface area (Å²) in [5.41, 5.74) is 6.51. The second kappa shape index (κ2) is 6.92. The van der Waals surface area contributed by atoms with Gasteiger partial charge in [0.15, 0.2) is 5.96 Å². The molecule has 21 heavy (non-hydrogen) atoms. The van der Waals surface area contributed by atoms with Crippen LogP contribution in [0.25, 0.3) is 0 Å². The van der Waals surface area contributed by atoms with Gasteiger partial charge in [0.25, 0.3) is 5.69 Å². The Morgan fingerprint density at radius 2 is 2.24 bits per heavy atom. The Labute approximate surface area is 123 Å². The minimum absolute atomic E-state index is 0.0170. The lowest BCUT2D eigenvalue weighted by Gasteiger charge is -2.12. The number of ether oxygens (including phenoxy) is 1. The summed E-state index contributed by atoms with van der Waals surface area (Å²) in [5.74, 6) is 0.938. The Hall–Kier alpha value is -2.31. The third-order valence-electron chi connectivity index (χ3n) is 3.60. The molecule has 0 atom stereocenters. The zero-order valence-corrected chi connectivity index (χ0v) is 12.0. The van der Waals surface area contributed by atoms with Crippen LogP contribution in [0.1, 0.15) is 31.2 Å². The highest BCUT2D eigenvalue weighted by Crippen LogP contribution is 2.24. The van der Waals surface area contributed by atoms with Gasteiger partial charge in [-0.2, -0.15) is 0 Å². The summed E-state index contributed by atoms with van der Waals surface area (Å²) in [7, 11) is 1.52. The van der Waals surface area contributed by atoms with E-state index in [1.807, 2.05) is 0 Å². The van der Waals surface area contributed by atoms with Crippen molar-refractivity contribution < 1.29 is 9.66 Å².